The molecule has 24 heavy (non-hydrogen) atoms. The minimum atomic E-state index is 0.537. The zero-order valence-electron chi connectivity index (χ0n) is 15.4. The number of hydrogen-bond donors (Lipinski definition) is 0. The van der Waals surface area contributed by atoms with Gasteiger partial charge in [0.05, 0.1) is 0 Å². The molecule has 3 rings (SSSR count). The van der Waals surface area contributed by atoms with Crippen molar-refractivity contribution < 1.29 is 4.58 Å². The summed E-state index contributed by atoms with van der Waals surface area (Å²) in [6.45, 7) is 12.3. The van der Waals surface area contributed by atoms with Gasteiger partial charge in [-0.3, -0.25) is 4.58 Å². The fourth-order valence-corrected chi connectivity index (χ4v) is 3.50. The van der Waals surface area contributed by atoms with Crippen molar-refractivity contribution in [1.82, 2.24) is 0 Å². The Hall–Kier alpha value is -2.09. The number of anilines is 1. The molecule has 0 bridgehead atoms. The highest BCUT2D eigenvalue weighted by Crippen LogP contribution is 2.35. The molecule has 2 heteroatoms. The Bertz CT molecular complexity index is 688. The van der Waals surface area contributed by atoms with E-state index in [1.54, 1.807) is 0 Å². The first-order valence-corrected chi connectivity index (χ1v) is 9.08. The molecule has 2 aromatic rings. The van der Waals surface area contributed by atoms with Crippen molar-refractivity contribution in [2.24, 2.45) is 0 Å². The highest BCUT2D eigenvalue weighted by Gasteiger charge is 2.28. The SMILES string of the molecule is CC(C)c1cccc(C(C)C)c1N1C=[N+](Cc2ccccc2)CC1. The van der Waals surface area contributed by atoms with Crippen LogP contribution < -0.4 is 4.90 Å². The van der Waals surface area contributed by atoms with Crippen LogP contribution in [0.4, 0.5) is 5.69 Å². The van der Waals surface area contributed by atoms with E-state index in [-0.39, 0.29) is 0 Å². The second kappa shape index (κ2) is 7.21. The lowest BCUT2D eigenvalue weighted by Crippen LogP contribution is -2.22. The van der Waals surface area contributed by atoms with Crippen LogP contribution in [0.2, 0.25) is 0 Å². The molecule has 2 nitrogen and oxygen atoms in total. The predicted molar refractivity (Wildman–Crippen MR) is 103 cm³/mol. The molecule has 1 aliphatic rings. The van der Waals surface area contributed by atoms with Gasteiger partial charge in [-0.25, -0.2) is 4.90 Å². The number of nitrogens with zero attached hydrogens (tertiary/aromatic N) is 2. The van der Waals surface area contributed by atoms with Gasteiger partial charge < -0.3 is 0 Å². The third-order valence-electron chi connectivity index (χ3n) is 4.79. The van der Waals surface area contributed by atoms with Crippen LogP contribution >= 0.6 is 0 Å². The average Bonchev–Trinajstić information content (AvgIpc) is 3.03. The zero-order chi connectivity index (χ0) is 17.1. The highest BCUT2D eigenvalue weighted by molar-refractivity contribution is 5.81. The summed E-state index contributed by atoms with van der Waals surface area (Å²) in [5, 5.41) is 0. The number of hydrogen-bond acceptors (Lipinski definition) is 1. The van der Waals surface area contributed by atoms with Gasteiger partial charge in [-0.15, -0.1) is 0 Å². The Labute approximate surface area is 146 Å². The van der Waals surface area contributed by atoms with Crippen molar-refractivity contribution in [1.29, 1.82) is 0 Å². The van der Waals surface area contributed by atoms with E-state index in [2.05, 4.69) is 92.0 Å². The average molecular weight is 321 g/mol. The predicted octanol–water partition coefficient (Wildman–Crippen LogP) is 4.99. The van der Waals surface area contributed by atoms with Crippen molar-refractivity contribution in [3.05, 3.63) is 65.2 Å². The molecule has 0 unspecified atom stereocenters. The Morgan fingerprint density at radius 3 is 2.08 bits per heavy atom. The normalized spacial score (nSPS) is 14.6. The van der Waals surface area contributed by atoms with Gasteiger partial charge in [0.25, 0.3) is 0 Å². The number of benzene rings is 2. The van der Waals surface area contributed by atoms with Gasteiger partial charge in [-0.05, 0) is 17.4 Å². The molecule has 0 radical (unpaired) electrons. The molecule has 0 aromatic heterocycles. The van der Waals surface area contributed by atoms with Crippen LogP contribution in [0.1, 0.15) is 56.2 Å². The van der Waals surface area contributed by atoms with E-state index in [0.29, 0.717) is 11.8 Å². The molecule has 0 N–H and O–H groups in total. The van der Waals surface area contributed by atoms with Crippen LogP contribution in [0.15, 0.2) is 48.5 Å². The topological polar surface area (TPSA) is 6.25 Å². The van der Waals surface area contributed by atoms with E-state index >= 15 is 0 Å². The van der Waals surface area contributed by atoms with E-state index in [4.69, 9.17) is 0 Å². The van der Waals surface area contributed by atoms with Crippen LogP contribution in [0.25, 0.3) is 0 Å². The van der Waals surface area contributed by atoms with Crippen molar-refractivity contribution in [2.75, 3.05) is 18.0 Å². The maximum atomic E-state index is 2.47. The first-order chi connectivity index (χ1) is 11.6. The molecule has 126 valence electrons. The molecular formula is C22H29N2+. The highest BCUT2D eigenvalue weighted by atomic mass is 15.3. The summed E-state index contributed by atoms with van der Waals surface area (Å²) in [7, 11) is 0. The summed E-state index contributed by atoms with van der Waals surface area (Å²) in [6.07, 6.45) is 2.32. The van der Waals surface area contributed by atoms with Gasteiger partial charge in [-0.2, -0.15) is 0 Å². The van der Waals surface area contributed by atoms with Crippen molar-refractivity contribution >= 4 is 12.0 Å². The lowest BCUT2D eigenvalue weighted by Gasteiger charge is -2.20. The minimum absolute atomic E-state index is 0.537. The van der Waals surface area contributed by atoms with Gasteiger partial charge >= 0.3 is 0 Å². The molecule has 0 amide bonds. The Morgan fingerprint density at radius 1 is 0.875 bits per heavy atom. The maximum absolute atomic E-state index is 2.47. The zero-order valence-corrected chi connectivity index (χ0v) is 15.4. The number of para-hydroxylation sites is 1. The third kappa shape index (κ3) is 3.53. The Balaban J connectivity index is 1.92. The van der Waals surface area contributed by atoms with Gasteiger partial charge in [0, 0.05) is 11.1 Å². The van der Waals surface area contributed by atoms with Crippen LogP contribution in [-0.4, -0.2) is 24.0 Å². The van der Waals surface area contributed by atoms with E-state index in [9.17, 15) is 0 Å². The van der Waals surface area contributed by atoms with Crippen molar-refractivity contribution in [3.63, 3.8) is 0 Å². The van der Waals surface area contributed by atoms with Crippen LogP contribution in [0.5, 0.6) is 0 Å². The Kier molecular flexibility index (Phi) is 5.03. The van der Waals surface area contributed by atoms with E-state index < -0.39 is 0 Å². The summed E-state index contributed by atoms with van der Waals surface area (Å²) in [5.74, 6) is 1.07. The summed E-state index contributed by atoms with van der Waals surface area (Å²) in [6, 6.07) is 17.5. The molecular weight excluding hydrogens is 292 g/mol. The standard InChI is InChI=1S/C22H29N2/c1-17(2)20-11-8-12-21(18(3)4)22(20)24-14-13-23(16-24)15-19-9-6-5-7-10-19/h5-12,16-18H,13-15H2,1-4H3/q+1. The second-order valence-corrected chi connectivity index (χ2v) is 7.36. The van der Waals surface area contributed by atoms with E-state index in [1.807, 2.05) is 0 Å². The van der Waals surface area contributed by atoms with Gasteiger partial charge in [0.2, 0.25) is 6.34 Å². The Morgan fingerprint density at radius 2 is 1.50 bits per heavy atom. The molecule has 0 spiro atoms. The molecule has 1 aliphatic heterocycles. The molecule has 0 saturated carbocycles. The summed E-state index contributed by atoms with van der Waals surface area (Å²) in [4.78, 5) is 2.47. The molecule has 1 heterocycles. The van der Waals surface area contributed by atoms with Crippen LogP contribution in [0, 0.1) is 0 Å². The second-order valence-electron chi connectivity index (χ2n) is 7.36. The largest absolute Gasteiger partial charge is 0.260 e. The van der Waals surface area contributed by atoms with Crippen molar-refractivity contribution in [2.45, 2.75) is 46.1 Å². The van der Waals surface area contributed by atoms with Gasteiger partial charge in [0.1, 0.15) is 25.3 Å². The third-order valence-corrected chi connectivity index (χ3v) is 4.79. The summed E-state index contributed by atoms with van der Waals surface area (Å²) < 4.78 is 2.43. The van der Waals surface area contributed by atoms with E-state index in [0.717, 1.165) is 19.6 Å². The lowest BCUT2D eigenvalue weighted by molar-refractivity contribution is -0.530. The minimum Gasteiger partial charge on any atom is -0.260 e. The van der Waals surface area contributed by atoms with Crippen LogP contribution in [-0.2, 0) is 6.54 Å². The van der Waals surface area contributed by atoms with Crippen molar-refractivity contribution in [3.8, 4) is 0 Å². The molecule has 0 aliphatic carbocycles. The molecule has 2 aromatic carbocycles. The fourth-order valence-electron chi connectivity index (χ4n) is 3.50. The summed E-state index contributed by atoms with van der Waals surface area (Å²) >= 11 is 0. The quantitative estimate of drug-likeness (QED) is 0.703. The first kappa shape index (κ1) is 16.8. The smallest absolute Gasteiger partial charge is 0.239 e. The van der Waals surface area contributed by atoms with Gasteiger partial charge in [-0.1, -0.05) is 76.2 Å². The first-order valence-electron chi connectivity index (χ1n) is 9.08. The molecule has 0 atom stereocenters. The number of rotatable bonds is 5. The fraction of sp³-hybridized carbons (Fsp3) is 0.409. The molecule has 0 fully saturated rings. The van der Waals surface area contributed by atoms with Crippen LogP contribution in [0.3, 0.4) is 0 Å². The lowest BCUT2D eigenvalue weighted by atomic mass is 9.92. The summed E-state index contributed by atoms with van der Waals surface area (Å²) in [5.41, 5.74) is 5.72. The van der Waals surface area contributed by atoms with E-state index in [1.165, 1.54) is 22.4 Å². The monoisotopic (exact) mass is 321 g/mol. The molecule has 0 saturated heterocycles. The van der Waals surface area contributed by atoms with Gasteiger partial charge in [0.15, 0.2) is 0 Å². The maximum Gasteiger partial charge on any atom is 0.239 e.